The Morgan fingerprint density at radius 1 is 1.53 bits per heavy atom. The number of carbonyl (C=O) groups excluding carboxylic acids is 1. The minimum absolute atomic E-state index is 0.269. The normalized spacial score (nSPS) is 20.4. The Bertz CT molecular complexity index is 408. The molecule has 0 amide bonds. The van der Waals surface area contributed by atoms with Gasteiger partial charge in [0.15, 0.2) is 0 Å². The molecule has 17 heavy (non-hydrogen) atoms. The highest BCUT2D eigenvalue weighted by Gasteiger charge is 2.21. The minimum atomic E-state index is 0.269. The molecule has 0 saturated carbocycles. The SMILES string of the molecule is COC1CCCN(c2ccc(C=O)cc2Cl)C1. The minimum Gasteiger partial charge on any atom is -0.380 e. The summed E-state index contributed by atoms with van der Waals surface area (Å²) < 4.78 is 5.39. The van der Waals surface area contributed by atoms with E-state index in [1.54, 1.807) is 19.2 Å². The first-order chi connectivity index (χ1) is 8.24. The van der Waals surface area contributed by atoms with Crippen molar-refractivity contribution >= 4 is 23.6 Å². The van der Waals surface area contributed by atoms with E-state index in [1.807, 2.05) is 6.07 Å². The molecule has 1 aromatic carbocycles. The number of benzene rings is 1. The third-order valence-electron chi connectivity index (χ3n) is 3.16. The zero-order valence-electron chi connectivity index (χ0n) is 9.86. The fourth-order valence-electron chi connectivity index (χ4n) is 2.20. The van der Waals surface area contributed by atoms with E-state index >= 15 is 0 Å². The molecule has 0 aromatic heterocycles. The van der Waals surface area contributed by atoms with Gasteiger partial charge in [-0.15, -0.1) is 0 Å². The third-order valence-corrected chi connectivity index (χ3v) is 3.46. The van der Waals surface area contributed by atoms with E-state index in [9.17, 15) is 4.79 Å². The predicted molar refractivity (Wildman–Crippen MR) is 69.1 cm³/mol. The number of nitrogens with zero attached hydrogens (tertiary/aromatic N) is 1. The molecule has 2 rings (SSSR count). The van der Waals surface area contributed by atoms with Gasteiger partial charge in [-0.25, -0.2) is 0 Å². The Morgan fingerprint density at radius 3 is 3.00 bits per heavy atom. The lowest BCUT2D eigenvalue weighted by Gasteiger charge is -2.34. The number of hydrogen-bond donors (Lipinski definition) is 0. The molecule has 1 aliphatic heterocycles. The van der Waals surface area contributed by atoms with E-state index < -0.39 is 0 Å². The van der Waals surface area contributed by atoms with Gasteiger partial charge in [0.05, 0.1) is 16.8 Å². The largest absolute Gasteiger partial charge is 0.380 e. The number of hydrogen-bond acceptors (Lipinski definition) is 3. The van der Waals surface area contributed by atoms with Crippen LogP contribution in [0.1, 0.15) is 23.2 Å². The fraction of sp³-hybridized carbons (Fsp3) is 0.462. The van der Waals surface area contributed by atoms with Crippen LogP contribution in [0.25, 0.3) is 0 Å². The average Bonchev–Trinajstić information content (AvgIpc) is 2.38. The van der Waals surface area contributed by atoms with Crippen molar-refractivity contribution in [2.24, 2.45) is 0 Å². The lowest BCUT2D eigenvalue weighted by Crippen LogP contribution is -2.39. The van der Waals surface area contributed by atoms with Gasteiger partial charge in [-0.3, -0.25) is 4.79 Å². The van der Waals surface area contributed by atoms with Crippen molar-refractivity contribution in [2.75, 3.05) is 25.1 Å². The van der Waals surface area contributed by atoms with E-state index in [-0.39, 0.29) is 6.10 Å². The average molecular weight is 254 g/mol. The van der Waals surface area contributed by atoms with Gasteiger partial charge in [0.25, 0.3) is 0 Å². The van der Waals surface area contributed by atoms with Crippen LogP contribution in [-0.4, -0.2) is 32.6 Å². The quantitative estimate of drug-likeness (QED) is 0.776. The fourth-order valence-corrected chi connectivity index (χ4v) is 2.51. The molecule has 0 radical (unpaired) electrons. The standard InChI is InChI=1S/C13H16ClNO2/c1-17-11-3-2-6-15(8-11)13-5-4-10(9-16)7-12(13)14/h4-5,7,9,11H,2-3,6,8H2,1H3. The lowest BCUT2D eigenvalue weighted by molar-refractivity contribution is 0.0893. The van der Waals surface area contributed by atoms with Crippen molar-refractivity contribution in [3.63, 3.8) is 0 Å². The maximum absolute atomic E-state index is 10.7. The van der Waals surface area contributed by atoms with E-state index in [2.05, 4.69) is 4.90 Å². The maximum Gasteiger partial charge on any atom is 0.150 e. The number of methoxy groups -OCH3 is 1. The zero-order valence-corrected chi connectivity index (χ0v) is 10.6. The van der Waals surface area contributed by atoms with Gasteiger partial charge in [-0.2, -0.15) is 0 Å². The van der Waals surface area contributed by atoms with Crippen LogP contribution in [0.5, 0.6) is 0 Å². The number of halogens is 1. The second-order valence-electron chi connectivity index (χ2n) is 4.27. The number of carbonyl (C=O) groups is 1. The maximum atomic E-state index is 10.7. The molecular weight excluding hydrogens is 238 g/mol. The zero-order chi connectivity index (χ0) is 12.3. The summed E-state index contributed by atoms with van der Waals surface area (Å²) >= 11 is 6.19. The van der Waals surface area contributed by atoms with Gasteiger partial charge >= 0.3 is 0 Å². The second-order valence-corrected chi connectivity index (χ2v) is 4.68. The Hall–Kier alpha value is -1.06. The van der Waals surface area contributed by atoms with Crippen molar-refractivity contribution in [3.8, 4) is 0 Å². The summed E-state index contributed by atoms with van der Waals surface area (Å²) in [4.78, 5) is 12.9. The van der Waals surface area contributed by atoms with Crippen LogP contribution in [-0.2, 0) is 4.74 Å². The molecule has 4 heteroatoms. The predicted octanol–water partition coefficient (Wildman–Crippen LogP) is 2.77. The van der Waals surface area contributed by atoms with Crippen LogP contribution < -0.4 is 4.90 Å². The number of anilines is 1. The smallest absolute Gasteiger partial charge is 0.150 e. The number of rotatable bonds is 3. The summed E-state index contributed by atoms with van der Waals surface area (Å²) in [7, 11) is 1.74. The van der Waals surface area contributed by atoms with Gasteiger partial charge in [-0.05, 0) is 31.0 Å². The van der Waals surface area contributed by atoms with Crippen molar-refractivity contribution in [1.82, 2.24) is 0 Å². The summed E-state index contributed by atoms with van der Waals surface area (Å²) in [6.45, 7) is 1.84. The highest BCUT2D eigenvalue weighted by atomic mass is 35.5. The summed E-state index contributed by atoms with van der Waals surface area (Å²) in [5.41, 5.74) is 1.60. The van der Waals surface area contributed by atoms with Gasteiger partial charge in [0.1, 0.15) is 6.29 Å². The van der Waals surface area contributed by atoms with Crippen molar-refractivity contribution < 1.29 is 9.53 Å². The van der Waals surface area contributed by atoms with Crippen molar-refractivity contribution in [1.29, 1.82) is 0 Å². The molecule has 92 valence electrons. The van der Waals surface area contributed by atoms with Crippen LogP contribution in [0.2, 0.25) is 5.02 Å². The number of aldehydes is 1. The van der Waals surface area contributed by atoms with E-state index in [0.717, 1.165) is 37.9 Å². The van der Waals surface area contributed by atoms with Gasteiger partial charge < -0.3 is 9.64 Å². The highest BCUT2D eigenvalue weighted by molar-refractivity contribution is 6.33. The molecule has 1 saturated heterocycles. The molecule has 1 aromatic rings. The van der Waals surface area contributed by atoms with Crippen LogP contribution in [0.4, 0.5) is 5.69 Å². The summed E-state index contributed by atoms with van der Waals surface area (Å²) in [5.74, 6) is 0. The molecule has 1 heterocycles. The molecule has 0 bridgehead atoms. The first-order valence-corrected chi connectivity index (χ1v) is 6.15. The Kier molecular flexibility index (Phi) is 4.02. The first kappa shape index (κ1) is 12.4. The Labute approximate surface area is 106 Å². The van der Waals surface area contributed by atoms with E-state index in [1.165, 1.54) is 0 Å². The van der Waals surface area contributed by atoms with Gasteiger partial charge in [0.2, 0.25) is 0 Å². The Balaban J connectivity index is 2.18. The molecule has 0 spiro atoms. The summed E-state index contributed by atoms with van der Waals surface area (Å²) in [6.07, 6.45) is 3.27. The summed E-state index contributed by atoms with van der Waals surface area (Å²) in [6, 6.07) is 5.41. The highest BCUT2D eigenvalue weighted by Crippen LogP contribution is 2.29. The van der Waals surface area contributed by atoms with Crippen LogP contribution in [0.15, 0.2) is 18.2 Å². The van der Waals surface area contributed by atoms with Gasteiger partial charge in [0, 0.05) is 25.8 Å². The van der Waals surface area contributed by atoms with Crippen LogP contribution >= 0.6 is 11.6 Å². The Morgan fingerprint density at radius 2 is 2.35 bits per heavy atom. The van der Waals surface area contributed by atoms with Crippen LogP contribution in [0.3, 0.4) is 0 Å². The van der Waals surface area contributed by atoms with Crippen LogP contribution in [0, 0.1) is 0 Å². The van der Waals surface area contributed by atoms with Gasteiger partial charge in [-0.1, -0.05) is 11.6 Å². The number of piperidine rings is 1. The first-order valence-electron chi connectivity index (χ1n) is 5.77. The molecule has 1 atom stereocenters. The van der Waals surface area contributed by atoms with Crippen molar-refractivity contribution in [3.05, 3.63) is 28.8 Å². The van der Waals surface area contributed by atoms with E-state index in [0.29, 0.717) is 10.6 Å². The van der Waals surface area contributed by atoms with Crippen molar-refractivity contribution in [2.45, 2.75) is 18.9 Å². The molecule has 0 N–H and O–H groups in total. The summed E-state index contributed by atoms with van der Waals surface area (Å²) in [5, 5.41) is 0.631. The topological polar surface area (TPSA) is 29.5 Å². The molecular formula is C13H16ClNO2. The molecule has 1 unspecified atom stereocenters. The monoisotopic (exact) mass is 253 g/mol. The molecule has 1 aliphatic rings. The molecule has 1 fully saturated rings. The molecule has 3 nitrogen and oxygen atoms in total. The third kappa shape index (κ3) is 2.79. The van der Waals surface area contributed by atoms with E-state index in [4.69, 9.17) is 16.3 Å². The number of ether oxygens (including phenoxy) is 1. The lowest BCUT2D eigenvalue weighted by atomic mass is 10.1. The second kappa shape index (κ2) is 5.52. The molecule has 0 aliphatic carbocycles.